The summed E-state index contributed by atoms with van der Waals surface area (Å²) < 4.78 is 0. The summed E-state index contributed by atoms with van der Waals surface area (Å²) in [5.41, 5.74) is 3.67. The van der Waals surface area contributed by atoms with Crippen LogP contribution in [0.25, 0.3) is 0 Å². The molecule has 0 atom stereocenters. The first-order valence-electron chi connectivity index (χ1n) is 8.32. The number of amides is 2. The number of hydrogen-bond acceptors (Lipinski definition) is 2. The van der Waals surface area contributed by atoms with E-state index in [9.17, 15) is 9.59 Å². The summed E-state index contributed by atoms with van der Waals surface area (Å²) in [5.74, 6) is 0.233. The molecule has 1 aliphatic carbocycles. The molecular weight excluding hydrogens is 288 g/mol. The summed E-state index contributed by atoms with van der Waals surface area (Å²) in [6, 6.07) is 6.32. The molecule has 0 unspecified atom stereocenters. The lowest BCUT2D eigenvalue weighted by atomic mass is 10.0. The Labute approximate surface area is 137 Å². The molecule has 1 saturated heterocycles. The van der Waals surface area contributed by atoms with Crippen LogP contribution in [0.15, 0.2) is 30.4 Å². The Morgan fingerprint density at radius 2 is 1.87 bits per heavy atom. The van der Waals surface area contributed by atoms with Crippen molar-refractivity contribution in [1.29, 1.82) is 0 Å². The summed E-state index contributed by atoms with van der Waals surface area (Å²) in [5, 5.41) is 0. The van der Waals surface area contributed by atoms with Crippen molar-refractivity contribution in [3.63, 3.8) is 0 Å². The molecule has 0 aromatic heterocycles. The highest BCUT2D eigenvalue weighted by molar-refractivity contribution is 5.87. The molecule has 0 bridgehead atoms. The van der Waals surface area contributed by atoms with Crippen LogP contribution in [0.1, 0.15) is 29.5 Å². The molecule has 0 N–H and O–H groups in total. The van der Waals surface area contributed by atoms with Gasteiger partial charge in [-0.05, 0) is 43.4 Å². The van der Waals surface area contributed by atoms with Crippen molar-refractivity contribution >= 4 is 11.8 Å². The number of hydrogen-bond donors (Lipinski definition) is 0. The summed E-state index contributed by atoms with van der Waals surface area (Å²) in [4.78, 5) is 28.4. The quantitative estimate of drug-likeness (QED) is 0.804. The fraction of sp³-hybridized carbons (Fsp3) is 0.474. The topological polar surface area (TPSA) is 40.6 Å². The number of carbonyl (C=O) groups is 2. The Balaban J connectivity index is 1.59. The van der Waals surface area contributed by atoms with Crippen molar-refractivity contribution in [2.45, 2.75) is 33.2 Å². The lowest BCUT2D eigenvalue weighted by molar-refractivity contribution is -0.147. The highest BCUT2D eigenvalue weighted by Gasteiger charge is 2.31. The third-order valence-electron chi connectivity index (χ3n) is 4.93. The minimum atomic E-state index is 0.0498. The van der Waals surface area contributed by atoms with Crippen molar-refractivity contribution in [2.75, 3.05) is 19.6 Å². The maximum Gasteiger partial charge on any atom is 0.242 e. The van der Waals surface area contributed by atoms with E-state index in [4.69, 9.17) is 0 Å². The molecule has 0 saturated carbocycles. The van der Waals surface area contributed by atoms with Gasteiger partial charge in [-0.1, -0.05) is 30.4 Å². The van der Waals surface area contributed by atoms with Crippen molar-refractivity contribution in [3.8, 4) is 0 Å². The molecule has 1 aromatic rings. The average Bonchev–Trinajstić information content (AvgIpc) is 3.06. The van der Waals surface area contributed by atoms with E-state index in [0.717, 1.165) is 18.4 Å². The molecule has 1 fully saturated rings. The minimum absolute atomic E-state index is 0.0498. The number of aryl methyl sites for hydroxylation is 2. The molecule has 1 aromatic carbocycles. The molecule has 1 aliphatic heterocycles. The van der Waals surface area contributed by atoms with Gasteiger partial charge in [0.15, 0.2) is 0 Å². The first-order valence-corrected chi connectivity index (χ1v) is 8.32. The fourth-order valence-corrected chi connectivity index (χ4v) is 3.26. The van der Waals surface area contributed by atoms with Crippen molar-refractivity contribution < 1.29 is 9.59 Å². The summed E-state index contributed by atoms with van der Waals surface area (Å²) in [6.07, 6.45) is 5.74. The second kappa shape index (κ2) is 6.57. The van der Waals surface area contributed by atoms with E-state index in [0.29, 0.717) is 19.6 Å². The van der Waals surface area contributed by atoms with E-state index in [-0.39, 0.29) is 24.3 Å². The molecule has 3 rings (SSSR count). The van der Waals surface area contributed by atoms with Crippen molar-refractivity contribution in [3.05, 3.63) is 47.0 Å². The molecule has 2 aliphatic rings. The number of piperazine rings is 1. The fourth-order valence-electron chi connectivity index (χ4n) is 3.26. The average molecular weight is 312 g/mol. The van der Waals surface area contributed by atoms with Crippen molar-refractivity contribution in [2.24, 2.45) is 5.92 Å². The zero-order valence-electron chi connectivity index (χ0n) is 13.9. The van der Waals surface area contributed by atoms with Crippen LogP contribution in [-0.4, -0.2) is 41.2 Å². The lowest BCUT2D eigenvalue weighted by Crippen LogP contribution is -2.53. The summed E-state index contributed by atoms with van der Waals surface area (Å²) in [6.45, 7) is 6.30. The second-order valence-electron chi connectivity index (χ2n) is 6.63. The molecule has 2 amide bonds. The van der Waals surface area contributed by atoms with E-state index in [1.54, 1.807) is 4.90 Å². The van der Waals surface area contributed by atoms with Crippen LogP contribution in [0.2, 0.25) is 0 Å². The van der Waals surface area contributed by atoms with E-state index in [2.05, 4.69) is 44.2 Å². The van der Waals surface area contributed by atoms with Gasteiger partial charge in [-0.2, -0.15) is 0 Å². The number of allylic oxidation sites excluding steroid dienone is 2. The van der Waals surface area contributed by atoms with Gasteiger partial charge in [0, 0.05) is 25.6 Å². The van der Waals surface area contributed by atoms with Gasteiger partial charge >= 0.3 is 0 Å². The highest BCUT2D eigenvalue weighted by atomic mass is 16.2. The third-order valence-corrected chi connectivity index (χ3v) is 4.93. The number of rotatable bonds is 3. The maximum absolute atomic E-state index is 12.4. The molecule has 0 spiro atoms. The predicted molar refractivity (Wildman–Crippen MR) is 89.8 cm³/mol. The molecular formula is C19H24N2O2. The summed E-state index contributed by atoms with van der Waals surface area (Å²) in [7, 11) is 0. The van der Waals surface area contributed by atoms with Crippen LogP contribution in [0.5, 0.6) is 0 Å². The van der Waals surface area contributed by atoms with E-state index >= 15 is 0 Å². The van der Waals surface area contributed by atoms with E-state index in [1.807, 2.05) is 4.90 Å². The zero-order valence-corrected chi connectivity index (χ0v) is 13.9. The van der Waals surface area contributed by atoms with Gasteiger partial charge in [0.05, 0.1) is 6.54 Å². The Morgan fingerprint density at radius 3 is 2.52 bits per heavy atom. The zero-order chi connectivity index (χ0) is 16.4. The SMILES string of the molecule is Cc1ccc(CN2CCN(C(=O)C3CC=CC3)CC2=O)cc1C. The van der Waals surface area contributed by atoms with Gasteiger partial charge in [0.2, 0.25) is 11.8 Å². The Bertz CT molecular complexity index is 643. The monoisotopic (exact) mass is 312 g/mol. The number of nitrogens with zero attached hydrogens (tertiary/aromatic N) is 2. The normalized spacial score (nSPS) is 18.8. The molecule has 23 heavy (non-hydrogen) atoms. The van der Waals surface area contributed by atoms with Crippen LogP contribution in [0.4, 0.5) is 0 Å². The lowest BCUT2D eigenvalue weighted by Gasteiger charge is -2.35. The van der Waals surface area contributed by atoms with Gasteiger partial charge in [-0.25, -0.2) is 0 Å². The second-order valence-corrected chi connectivity index (χ2v) is 6.63. The minimum Gasteiger partial charge on any atom is -0.335 e. The maximum atomic E-state index is 12.4. The van der Waals surface area contributed by atoms with Crippen molar-refractivity contribution in [1.82, 2.24) is 9.80 Å². The first-order chi connectivity index (χ1) is 11.0. The predicted octanol–water partition coefficient (Wildman–Crippen LogP) is 2.44. The Kier molecular flexibility index (Phi) is 4.51. The first kappa shape index (κ1) is 15.8. The van der Waals surface area contributed by atoms with Crippen LogP contribution in [0.3, 0.4) is 0 Å². The molecule has 1 heterocycles. The van der Waals surface area contributed by atoms with Gasteiger partial charge < -0.3 is 9.80 Å². The highest BCUT2D eigenvalue weighted by Crippen LogP contribution is 2.22. The Morgan fingerprint density at radius 1 is 1.13 bits per heavy atom. The smallest absolute Gasteiger partial charge is 0.242 e. The standard InChI is InChI=1S/C19H24N2O2/c1-14-7-8-16(11-15(14)2)12-20-9-10-21(13-18(20)22)19(23)17-5-3-4-6-17/h3-4,7-8,11,17H,5-6,9-10,12-13H2,1-2H3. The molecule has 4 heteroatoms. The Hall–Kier alpha value is -2.10. The van der Waals surface area contributed by atoms with Gasteiger partial charge in [0.25, 0.3) is 0 Å². The summed E-state index contributed by atoms with van der Waals surface area (Å²) >= 11 is 0. The number of carbonyl (C=O) groups excluding carboxylic acids is 2. The van der Waals surface area contributed by atoms with Gasteiger partial charge in [-0.15, -0.1) is 0 Å². The van der Waals surface area contributed by atoms with Crippen LogP contribution in [0, 0.1) is 19.8 Å². The number of benzene rings is 1. The molecule has 0 radical (unpaired) electrons. The van der Waals surface area contributed by atoms with E-state index < -0.39 is 0 Å². The van der Waals surface area contributed by atoms with Gasteiger partial charge in [0.1, 0.15) is 0 Å². The van der Waals surface area contributed by atoms with Crippen LogP contribution < -0.4 is 0 Å². The van der Waals surface area contributed by atoms with E-state index in [1.165, 1.54) is 11.1 Å². The molecule has 4 nitrogen and oxygen atoms in total. The molecule has 122 valence electrons. The van der Waals surface area contributed by atoms with Crippen LogP contribution in [-0.2, 0) is 16.1 Å². The largest absolute Gasteiger partial charge is 0.335 e. The third kappa shape index (κ3) is 3.46. The van der Waals surface area contributed by atoms with Gasteiger partial charge in [-0.3, -0.25) is 9.59 Å². The van der Waals surface area contributed by atoms with Crippen LogP contribution >= 0.6 is 0 Å².